The van der Waals surface area contributed by atoms with Gasteiger partial charge in [0.25, 0.3) is 5.91 Å². The molecule has 4 rings (SSSR count). The first-order chi connectivity index (χ1) is 12.6. The van der Waals surface area contributed by atoms with Gasteiger partial charge in [0.15, 0.2) is 0 Å². The van der Waals surface area contributed by atoms with Crippen LogP contribution in [0.4, 0.5) is 4.39 Å². The van der Waals surface area contributed by atoms with Crippen molar-refractivity contribution in [1.29, 1.82) is 0 Å². The zero-order valence-electron chi connectivity index (χ0n) is 14.9. The quantitative estimate of drug-likeness (QED) is 0.828. The van der Waals surface area contributed by atoms with Crippen LogP contribution in [0.25, 0.3) is 0 Å². The lowest BCUT2D eigenvalue weighted by molar-refractivity contribution is 0.0676. The van der Waals surface area contributed by atoms with Gasteiger partial charge in [0, 0.05) is 37.2 Å². The Kier molecular flexibility index (Phi) is 4.75. The van der Waals surface area contributed by atoms with E-state index in [-0.39, 0.29) is 17.1 Å². The monoisotopic (exact) mass is 374 g/mol. The van der Waals surface area contributed by atoms with Gasteiger partial charge in [0.2, 0.25) is 0 Å². The molecule has 1 atom stereocenters. The van der Waals surface area contributed by atoms with Crippen molar-refractivity contribution in [2.75, 3.05) is 26.2 Å². The molecule has 2 fully saturated rings. The average molecular weight is 374 g/mol. The van der Waals surface area contributed by atoms with Crippen LogP contribution in [-0.4, -0.2) is 51.5 Å². The van der Waals surface area contributed by atoms with Crippen molar-refractivity contribution in [1.82, 2.24) is 19.4 Å². The van der Waals surface area contributed by atoms with E-state index in [1.807, 2.05) is 24.0 Å². The first-order valence-corrected chi connectivity index (χ1v) is 9.88. The van der Waals surface area contributed by atoms with Crippen molar-refractivity contribution in [3.63, 3.8) is 0 Å². The Balaban J connectivity index is 1.43. The molecule has 5 nitrogen and oxygen atoms in total. The molecule has 1 aromatic carbocycles. The lowest BCUT2D eigenvalue weighted by Crippen LogP contribution is -2.45. The fourth-order valence-electron chi connectivity index (χ4n) is 4.33. The second-order valence-electron chi connectivity index (χ2n) is 7.57. The topological polar surface area (TPSA) is 49.3 Å². The minimum atomic E-state index is -0.136. The van der Waals surface area contributed by atoms with Gasteiger partial charge >= 0.3 is 0 Å². The molecule has 0 aliphatic carbocycles. The summed E-state index contributed by atoms with van der Waals surface area (Å²) in [5, 5.41) is 3.96. The predicted octanol–water partition coefficient (Wildman–Crippen LogP) is 3.11. The summed E-state index contributed by atoms with van der Waals surface area (Å²) in [6.45, 7) is 5.94. The Morgan fingerprint density at radius 1 is 1.27 bits per heavy atom. The Morgan fingerprint density at radius 2 is 2.12 bits per heavy atom. The average Bonchev–Trinajstić information content (AvgIpc) is 3.23. The molecule has 0 unspecified atom stereocenters. The van der Waals surface area contributed by atoms with Crippen LogP contribution in [0.3, 0.4) is 0 Å². The maximum atomic E-state index is 14.0. The van der Waals surface area contributed by atoms with Crippen LogP contribution < -0.4 is 0 Å². The van der Waals surface area contributed by atoms with Gasteiger partial charge in [-0.05, 0) is 50.3 Å². The summed E-state index contributed by atoms with van der Waals surface area (Å²) in [7, 11) is 0. The van der Waals surface area contributed by atoms with Gasteiger partial charge in [0.1, 0.15) is 10.7 Å². The highest BCUT2D eigenvalue weighted by Crippen LogP contribution is 2.40. The number of likely N-dealkylation sites (tertiary alicyclic amines) is 2. The standard InChI is InChI=1S/C19H23FN4OS/c1-14-17(26-22-21-14)18(25)24-10-8-19(13-24)7-4-9-23(12-19)11-15-5-2-3-6-16(15)20/h2-3,5-6H,4,7-13H2,1H3/t19-/m1/s1. The van der Waals surface area contributed by atoms with E-state index in [0.717, 1.165) is 51.0 Å². The van der Waals surface area contributed by atoms with Crippen LogP contribution in [0.1, 0.15) is 40.2 Å². The largest absolute Gasteiger partial charge is 0.337 e. The normalized spacial score (nSPS) is 23.7. The number of carbonyl (C=O) groups excluding carboxylic acids is 1. The van der Waals surface area contributed by atoms with Crippen molar-refractivity contribution in [3.8, 4) is 0 Å². The second-order valence-corrected chi connectivity index (χ2v) is 8.32. The van der Waals surface area contributed by atoms with E-state index in [9.17, 15) is 9.18 Å². The number of benzene rings is 1. The number of amides is 1. The molecule has 26 heavy (non-hydrogen) atoms. The van der Waals surface area contributed by atoms with Gasteiger partial charge in [-0.1, -0.05) is 22.7 Å². The molecular weight excluding hydrogens is 351 g/mol. The molecule has 3 heterocycles. The van der Waals surface area contributed by atoms with Gasteiger partial charge in [-0.3, -0.25) is 9.69 Å². The van der Waals surface area contributed by atoms with Crippen LogP contribution in [-0.2, 0) is 6.54 Å². The summed E-state index contributed by atoms with van der Waals surface area (Å²) in [5.74, 6) is -0.0795. The SMILES string of the molecule is Cc1nnsc1C(=O)N1CC[C@@]2(CCCN(Cc3ccccc3F)C2)C1. The number of aromatic nitrogens is 2. The van der Waals surface area contributed by atoms with Crippen LogP contribution in [0, 0.1) is 18.2 Å². The van der Waals surface area contributed by atoms with E-state index in [0.29, 0.717) is 17.1 Å². The van der Waals surface area contributed by atoms with Crippen molar-refractivity contribution in [3.05, 3.63) is 46.2 Å². The Hall–Kier alpha value is -1.86. The Labute approximate surface area is 157 Å². The van der Waals surface area contributed by atoms with Crippen molar-refractivity contribution in [2.45, 2.75) is 32.7 Å². The molecular formula is C19H23FN4OS. The van der Waals surface area contributed by atoms with Gasteiger partial charge in [-0.2, -0.15) is 0 Å². The van der Waals surface area contributed by atoms with Gasteiger partial charge < -0.3 is 4.90 Å². The Bertz CT molecular complexity index is 810. The maximum Gasteiger partial charge on any atom is 0.267 e. The molecule has 1 spiro atoms. The zero-order valence-corrected chi connectivity index (χ0v) is 15.8. The lowest BCUT2D eigenvalue weighted by Gasteiger charge is -2.40. The molecule has 0 N–H and O–H groups in total. The molecule has 1 amide bonds. The summed E-state index contributed by atoms with van der Waals surface area (Å²) in [5.41, 5.74) is 1.60. The lowest BCUT2D eigenvalue weighted by atomic mass is 9.79. The third-order valence-corrected chi connectivity index (χ3v) is 6.48. The minimum absolute atomic E-state index is 0.0561. The third-order valence-electron chi connectivity index (χ3n) is 5.66. The van der Waals surface area contributed by atoms with Crippen molar-refractivity contribution >= 4 is 17.4 Å². The smallest absolute Gasteiger partial charge is 0.267 e. The molecule has 0 bridgehead atoms. The van der Waals surface area contributed by atoms with E-state index in [1.54, 1.807) is 6.07 Å². The maximum absolute atomic E-state index is 14.0. The summed E-state index contributed by atoms with van der Waals surface area (Å²) in [6.07, 6.45) is 3.24. The first kappa shape index (κ1) is 17.5. The molecule has 7 heteroatoms. The minimum Gasteiger partial charge on any atom is -0.337 e. The molecule has 0 radical (unpaired) electrons. The highest BCUT2D eigenvalue weighted by Gasteiger charge is 2.43. The number of hydrogen-bond donors (Lipinski definition) is 0. The van der Waals surface area contributed by atoms with Gasteiger partial charge in [0.05, 0.1) is 5.69 Å². The predicted molar refractivity (Wildman–Crippen MR) is 98.5 cm³/mol. The van der Waals surface area contributed by atoms with Crippen molar-refractivity contribution in [2.24, 2.45) is 5.41 Å². The molecule has 2 aliphatic heterocycles. The summed E-state index contributed by atoms with van der Waals surface area (Å²) in [4.78, 5) is 17.7. The van der Waals surface area contributed by atoms with Gasteiger partial charge in [-0.25, -0.2) is 4.39 Å². The molecule has 1 aromatic heterocycles. The van der Waals surface area contributed by atoms with E-state index < -0.39 is 0 Å². The fraction of sp³-hybridized carbons (Fsp3) is 0.526. The Morgan fingerprint density at radius 3 is 2.88 bits per heavy atom. The molecule has 0 saturated carbocycles. The molecule has 2 aromatic rings. The number of rotatable bonds is 3. The third kappa shape index (κ3) is 3.38. The second kappa shape index (κ2) is 7.04. The highest BCUT2D eigenvalue weighted by molar-refractivity contribution is 7.07. The van der Waals surface area contributed by atoms with Crippen LogP contribution in [0.15, 0.2) is 24.3 Å². The summed E-state index contributed by atoms with van der Waals surface area (Å²) >= 11 is 1.18. The summed E-state index contributed by atoms with van der Waals surface area (Å²) in [6, 6.07) is 7.00. The van der Waals surface area contributed by atoms with E-state index in [4.69, 9.17) is 0 Å². The van der Waals surface area contributed by atoms with Crippen LogP contribution in [0.5, 0.6) is 0 Å². The van der Waals surface area contributed by atoms with Crippen LogP contribution >= 0.6 is 11.5 Å². The number of nitrogens with zero attached hydrogens (tertiary/aromatic N) is 4. The molecule has 138 valence electrons. The zero-order chi connectivity index (χ0) is 18.1. The van der Waals surface area contributed by atoms with E-state index in [2.05, 4.69) is 14.5 Å². The number of aryl methyl sites for hydroxylation is 1. The number of piperidine rings is 1. The van der Waals surface area contributed by atoms with Crippen LogP contribution in [0.2, 0.25) is 0 Å². The number of halogens is 1. The number of carbonyl (C=O) groups is 1. The highest BCUT2D eigenvalue weighted by atomic mass is 32.1. The molecule has 2 aliphatic rings. The molecule has 2 saturated heterocycles. The van der Waals surface area contributed by atoms with E-state index in [1.165, 1.54) is 17.6 Å². The summed E-state index contributed by atoms with van der Waals surface area (Å²) < 4.78 is 17.9. The first-order valence-electron chi connectivity index (χ1n) is 9.10. The number of hydrogen-bond acceptors (Lipinski definition) is 5. The van der Waals surface area contributed by atoms with E-state index >= 15 is 0 Å². The van der Waals surface area contributed by atoms with Crippen molar-refractivity contribution < 1.29 is 9.18 Å². The van der Waals surface area contributed by atoms with Gasteiger partial charge in [-0.15, -0.1) is 5.10 Å². The fourth-order valence-corrected chi connectivity index (χ4v) is 4.95.